The maximum Gasteiger partial charge on any atom is 0.118 e. The lowest BCUT2D eigenvalue weighted by Crippen LogP contribution is -2.36. The molecule has 1 atom stereocenters. The first kappa shape index (κ1) is 17.9. The molecule has 0 radical (unpaired) electrons. The molecule has 4 nitrogen and oxygen atoms in total. The highest BCUT2D eigenvalue weighted by Gasteiger charge is 2.30. The molecule has 4 heteroatoms. The Morgan fingerprint density at radius 3 is 2.40 bits per heavy atom. The molecule has 25 heavy (non-hydrogen) atoms. The average molecular weight is 341 g/mol. The Morgan fingerprint density at radius 1 is 1.04 bits per heavy atom. The van der Waals surface area contributed by atoms with Crippen LogP contribution in [0.2, 0.25) is 0 Å². The van der Waals surface area contributed by atoms with Crippen molar-refractivity contribution in [1.82, 2.24) is 4.90 Å². The topological polar surface area (TPSA) is 41.9 Å². The first-order chi connectivity index (χ1) is 12.2. The number of ether oxygens (including phenoxy) is 2. The molecule has 2 aromatic rings. The van der Waals surface area contributed by atoms with Gasteiger partial charge in [-0.05, 0) is 36.1 Å². The molecule has 0 bridgehead atoms. The molecule has 0 amide bonds. The first-order valence-electron chi connectivity index (χ1n) is 8.91. The van der Waals surface area contributed by atoms with Gasteiger partial charge in [0.25, 0.3) is 0 Å². The molecule has 0 aliphatic heterocycles. The van der Waals surface area contributed by atoms with E-state index in [2.05, 4.69) is 17.0 Å². The summed E-state index contributed by atoms with van der Waals surface area (Å²) < 4.78 is 10.9. The number of hydrogen-bond acceptors (Lipinski definition) is 4. The fourth-order valence-electron chi connectivity index (χ4n) is 2.96. The van der Waals surface area contributed by atoms with E-state index in [4.69, 9.17) is 9.47 Å². The molecule has 1 fully saturated rings. The van der Waals surface area contributed by atoms with Gasteiger partial charge in [0.05, 0.1) is 26.4 Å². The summed E-state index contributed by atoms with van der Waals surface area (Å²) in [5, 5.41) is 10.3. The molecule has 1 N–H and O–H groups in total. The fraction of sp³-hybridized carbons (Fsp3) is 0.429. The van der Waals surface area contributed by atoms with Crippen molar-refractivity contribution >= 4 is 0 Å². The van der Waals surface area contributed by atoms with Gasteiger partial charge in [-0.1, -0.05) is 42.5 Å². The summed E-state index contributed by atoms with van der Waals surface area (Å²) in [6, 6.07) is 18.8. The molecule has 0 spiro atoms. The summed E-state index contributed by atoms with van der Waals surface area (Å²) in [4.78, 5) is 2.36. The van der Waals surface area contributed by atoms with Crippen molar-refractivity contribution < 1.29 is 14.6 Å². The highest BCUT2D eigenvalue weighted by molar-refractivity contribution is 5.27. The minimum atomic E-state index is -0.470. The highest BCUT2D eigenvalue weighted by Crippen LogP contribution is 2.28. The number of methoxy groups -OCH3 is 1. The maximum atomic E-state index is 10.3. The summed E-state index contributed by atoms with van der Waals surface area (Å²) >= 11 is 0. The highest BCUT2D eigenvalue weighted by atomic mass is 16.5. The van der Waals surface area contributed by atoms with Crippen molar-refractivity contribution in [3.05, 3.63) is 65.7 Å². The molecular formula is C21H27NO3. The second-order valence-corrected chi connectivity index (χ2v) is 6.66. The molecule has 1 saturated carbocycles. The van der Waals surface area contributed by atoms with Crippen LogP contribution in [-0.2, 0) is 17.9 Å². The summed E-state index contributed by atoms with van der Waals surface area (Å²) in [5.41, 5.74) is 2.37. The smallest absolute Gasteiger partial charge is 0.118 e. The minimum absolute atomic E-state index is 0.362. The van der Waals surface area contributed by atoms with E-state index in [0.717, 1.165) is 17.9 Å². The van der Waals surface area contributed by atoms with Gasteiger partial charge < -0.3 is 14.6 Å². The van der Waals surface area contributed by atoms with Crippen LogP contribution in [-0.4, -0.2) is 42.4 Å². The molecule has 0 heterocycles. The van der Waals surface area contributed by atoms with Crippen molar-refractivity contribution in [1.29, 1.82) is 0 Å². The third-order valence-electron chi connectivity index (χ3n) is 4.48. The minimum Gasteiger partial charge on any atom is -0.497 e. The normalized spacial score (nSPS) is 15.3. The van der Waals surface area contributed by atoms with Crippen LogP contribution in [0.5, 0.6) is 5.75 Å². The lowest BCUT2D eigenvalue weighted by molar-refractivity contribution is 0.00705. The second-order valence-electron chi connectivity index (χ2n) is 6.66. The molecular weight excluding hydrogens is 314 g/mol. The van der Waals surface area contributed by atoms with E-state index in [-0.39, 0.29) is 0 Å². The van der Waals surface area contributed by atoms with Gasteiger partial charge >= 0.3 is 0 Å². The van der Waals surface area contributed by atoms with Gasteiger partial charge in [0.2, 0.25) is 0 Å². The van der Waals surface area contributed by atoms with Crippen molar-refractivity contribution in [3.63, 3.8) is 0 Å². The molecule has 0 saturated heterocycles. The Hall–Kier alpha value is -1.88. The summed E-state index contributed by atoms with van der Waals surface area (Å²) in [6.45, 7) is 2.40. The van der Waals surface area contributed by atoms with Crippen molar-refractivity contribution in [2.24, 2.45) is 0 Å². The van der Waals surface area contributed by atoms with Crippen LogP contribution in [0.1, 0.15) is 24.0 Å². The van der Waals surface area contributed by atoms with E-state index in [1.807, 2.05) is 42.5 Å². The molecule has 1 unspecified atom stereocenters. The molecule has 1 aliphatic rings. The van der Waals surface area contributed by atoms with E-state index < -0.39 is 6.10 Å². The maximum absolute atomic E-state index is 10.3. The van der Waals surface area contributed by atoms with Gasteiger partial charge in [-0.3, -0.25) is 4.90 Å². The van der Waals surface area contributed by atoms with Crippen LogP contribution in [0.4, 0.5) is 0 Å². The molecule has 134 valence electrons. The van der Waals surface area contributed by atoms with Gasteiger partial charge in [-0.2, -0.15) is 0 Å². The lowest BCUT2D eigenvalue weighted by Gasteiger charge is -2.25. The lowest BCUT2D eigenvalue weighted by atomic mass is 10.2. The number of aliphatic hydroxyl groups excluding tert-OH is 1. The van der Waals surface area contributed by atoms with Gasteiger partial charge in [-0.15, -0.1) is 0 Å². The number of benzene rings is 2. The van der Waals surface area contributed by atoms with Gasteiger partial charge in [0.15, 0.2) is 0 Å². The third-order valence-corrected chi connectivity index (χ3v) is 4.48. The van der Waals surface area contributed by atoms with Gasteiger partial charge in [0.1, 0.15) is 5.75 Å². The largest absolute Gasteiger partial charge is 0.497 e. The van der Waals surface area contributed by atoms with E-state index >= 15 is 0 Å². The van der Waals surface area contributed by atoms with Crippen LogP contribution in [0.3, 0.4) is 0 Å². The molecule has 3 rings (SSSR count). The number of rotatable bonds is 10. The summed E-state index contributed by atoms with van der Waals surface area (Å²) in [5.74, 6) is 0.871. The van der Waals surface area contributed by atoms with Crippen LogP contribution in [0, 0.1) is 0 Å². The summed E-state index contributed by atoms with van der Waals surface area (Å²) in [6.07, 6.45) is 1.96. The van der Waals surface area contributed by atoms with E-state index in [9.17, 15) is 5.11 Å². The Kier molecular flexibility index (Phi) is 6.45. The van der Waals surface area contributed by atoms with Crippen molar-refractivity contribution in [2.75, 3.05) is 20.3 Å². The average Bonchev–Trinajstić information content (AvgIpc) is 3.48. The first-order valence-corrected chi connectivity index (χ1v) is 8.91. The molecule has 0 aromatic heterocycles. The van der Waals surface area contributed by atoms with Crippen LogP contribution in [0.15, 0.2) is 54.6 Å². The standard InChI is InChI=1S/C21H27NO3/c1-24-21-11-7-17(8-12-21)13-22(19-9-10-19)14-20(23)16-25-15-18-5-3-2-4-6-18/h2-8,11-12,19-20,23H,9-10,13-16H2,1H3. The monoisotopic (exact) mass is 341 g/mol. The number of aliphatic hydroxyl groups is 1. The second kappa shape index (κ2) is 8.99. The quantitative estimate of drug-likeness (QED) is 0.720. The SMILES string of the molecule is COc1ccc(CN(CC(O)COCc2ccccc2)C2CC2)cc1. The summed E-state index contributed by atoms with van der Waals surface area (Å²) in [7, 11) is 1.68. The zero-order chi connectivity index (χ0) is 17.5. The number of nitrogens with zero attached hydrogens (tertiary/aromatic N) is 1. The van der Waals surface area contributed by atoms with Crippen LogP contribution >= 0.6 is 0 Å². The Morgan fingerprint density at radius 2 is 1.76 bits per heavy atom. The van der Waals surface area contributed by atoms with Crippen molar-refractivity contribution in [2.45, 2.75) is 38.1 Å². The zero-order valence-corrected chi connectivity index (χ0v) is 14.8. The fourth-order valence-corrected chi connectivity index (χ4v) is 2.96. The Balaban J connectivity index is 1.45. The van der Waals surface area contributed by atoms with E-state index in [1.165, 1.54) is 18.4 Å². The molecule has 1 aliphatic carbocycles. The van der Waals surface area contributed by atoms with Gasteiger partial charge in [-0.25, -0.2) is 0 Å². The number of hydrogen-bond donors (Lipinski definition) is 1. The predicted octanol–water partition coefficient (Wildman–Crippen LogP) is 3.24. The van der Waals surface area contributed by atoms with Crippen LogP contribution < -0.4 is 4.74 Å². The van der Waals surface area contributed by atoms with E-state index in [0.29, 0.717) is 25.8 Å². The Bertz CT molecular complexity index is 625. The van der Waals surface area contributed by atoms with Crippen molar-refractivity contribution in [3.8, 4) is 5.75 Å². The van der Waals surface area contributed by atoms with E-state index in [1.54, 1.807) is 7.11 Å². The molecule has 2 aromatic carbocycles. The van der Waals surface area contributed by atoms with Gasteiger partial charge in [0, 0.05) is 19.1 Å². The predicted molar refractivity (Wildman–Crippen MR) is 98.5 cm³/mol. The zero-order valence-electron chi connectivity index (χ0n) is 14.8. The Labute approximate surface area is 150 Å². The third kappa shape index (κ3) is 5.85. The van der Waals surface area contributed by atoms with Crippen LogP contribution in [0.25, 0.3) is 0 Å².